The molecule has 6 heteroatoms. The summed E-state index contributed by atoms with van der Waals surface area (Å²) in [5.74, 6) is 0.387. The van der Waals surface area contributed by atoms with Gasteiger partial charge in [0, 0.05) is 16.1 Å². The first kappa shape index (κ1) is 15.2. The Hall–Kier alpha value is -2.21. The number of rotatable bonds is 4. The normalized spacial score (nSPS) is 10.2. The third kappa shape index (κ3) is 3.46. The monoisotopic (exact) mass is 349 g/mol. The van der Waals surface area contributed by atoms with Gasteiger partial charge in [0.1, 0.15) is 5.75 Å². The fourth-order valence-corrected chi connectivity index (χ4v) is 2.11. The lowest BCUT2D eigenvalue weighted by Gasteiger charge is -2.10. The summed E-state index contributed by atoms with van der Waals surface area (Å²) in [5, 5.41) is 11.1. The first-order valence-corrected chi connectivity index (χ1v) is 6.91. The zero-order chi connectivity index (χ0) is 15.6. The van der Waals surface area contributed by atoms with Gasteiger partial charge in [-0.05, 0) is 43.7 Å². The number of benzene rings is 2. The summed E-state index contributed by atoms with van der Waals surface area (Å²) in [5.41, 5.74) is 0.894. The van der Waals surface area contributed by atoms with Crippen molar-refractivity contribution in [3.05, 3.63) is 62.1 Å². The molecule has 0 heterocycles. The van der Waals surface area contributed by atoms with Gasteiger partial charge in [-0.15, -0.1) is 0 Å². The van der Waals surface area contributed by atoms with E-state index >= 15 is 0 Å². The SMILES string of the molecule is CC(=O)c1ccc(Oc2cc(Br)ccc2C)c([N+](=O)[O-])c1. The van der Waals surface area contributed by atoms with Gasteiger partial charge in [0.25, 0.3) is 0 Å². The number of nitrogens with zero attached hydrogens (tertiary/aromatic N) is 1. The molecule has 0 saturated carbocycles. The maximum Gasteiger partial charge on any atom is 0.312 e. The van der Waals surface area contributed by atoms with Crippen LogP contribution in [0.5, 0.6) is 11.5 Å². The Morgan fingerprint density at radius 3 is 2.52 bits per heavy atom. The van der Waals surface area contributed by atoms with Gasteiger partial charge in [-0.1, -0.05) is 22.0 Å². The standard InChI is InChI=1S/C15H12BrNO4/c1-9-3-5-12(16)8-15(9)21-14-6-4-11(10(2)18)7-13(14)17(19)20/h3-8H,1-2H3. The Bertz CT molecular complexity index is 728. The van der Waals surface area contributed by atoms with E-state index in [0.717, 1.165) is 10.0 Å². The van der Waals surface area contributed by atoms with E-state index in [9.17, 15) is 14.9 Å². The lowest BCUT2D eigenvalue weighted by Crippen LogP contribution is -1.98. The van der Waals surface area contributed by atoms with Crippen molar-refractivity contribution in [2.24, 2.45) is 0 Å². The molecule has 2 rings (SSSR count). The predicted molar refractivity (Wildman–Crippen MR) is 82.1 cm³/mol. The third-order valence-electron chi connectivity index (χ3n) is 2.93. The second-order valence-electron chi connectivity index (χ2n) is 4.51. The average molecular weight is 350 g/mol. The fraction of sp³-hybridized carbons (Fsp3) is 0.133. The molecule has 0 saturated heterocycles. The molecular formula is C15H12BrNO4. The largest absolute Gasteiger partial charge is 0.450 e. The highest BCUT2D eigenvalue weighted by Crippen LogP contribution is 2.34. The maximum atomic E-state index is 11.3. The van der Waals surface area contributed by atoms with Gasteiger partial charge < -0.3 is 4.74 Å². The Balaban J connectivity index is 2.46. The smallest absolute Gasteiger partial charge is 0.312 e. The zero-order valence-corrected chi connectivity index (χ0v) is 13.0. The predicted octanol–water partition coefficient (Wildman–Crippen LogP) is 4.66. The summed E-state index contributed by atoms with van der Waals surface area (Å²) in [7, 11) is 0. The van der Waals surface area contributed by atoms with E-state index in [1.165, 1.54) is 25.1 Å². The number of ether oxygens (including phenoxy) is 1. The van der Waals surface area contributed by atoms with E-state index in [-0.39, 0.29) is 22.8 Å². The second-order valence-corrected chi connectivity index (χ2v) is 5.42. The van der Waals surface area contributed by atoms with Crippen molar-refractivity contribution < 1.29 is 14.5 Å². The van der Waals surface area contributed by atoms with Gasteiger partial charge in [-0.2, -0.15) is 0 Å². The molecular weight excluding hydrogens is 338 g/mol. The van der Waals surface area contributed by atoms with Crippen molar-refractivity contribution in [3.8, 4) is 11.5 Å². The van der Waals surface area contributed by atoms with E-state index < -0.39 is 4.92 Å². The van der Waals surface area contributed by atoms with Crippen LogP contribution in [0, 0.1) is 17.0 Å². The molecule has 0 aliphatic rings. The Morgan fingerprint density at radius 1 is 1.19 bits per heavy atom. The van der Waals surface area contributed by atoms with Crippen LogP contribution in [0.1, 0.15) is 22.8 Å². The van der Waals surface area contributed by atoms with Gasteiger partial charge in [0.2, 0.25) is 5.75 Å². The average Bonchev–Trinajstić information content (AvgIpc) is 2.42. The van der Waals surface area contributed by atoms with E-state index in [4.69, 9.17) is 4.74 Å². The highest BCUT2D eigenvalue weighted by molar-refractivity contribution is 9.10. The third-order valence-corrected chi connectivity index (χ3v) is 3.43. The van der Waals surface area contributed by atoms with Crippen molar-refractivity contribution >= 4 is 27.4 Å². The molecule has 0 spiro atoms. The summed E-state index contributed by atoms with van der Waals surface area (Å²) in [6, 6.07) is 9.61. The number of nitro groups is 1. The van der Waals surface area contributed by atoms with E-state index in [1.54, 1.807) is 6.07 Å². The van der Waals surface area contributed by atoms with E-state index in [1.807, 2.05) is 19.1 Å². The number of Topliss-reactive ketones (excluding diaryl/α,β-unsaturated/α-hetero) is 1. The zero-order valence-electron chi connectivity index (χ0n) is 11.4. The maximum absolute atomic E-state index is 11.3. The summed E-state index contributed by atoms with van der Waals surface area (Å²) < 4.78 is 6.45. The van der Waals surface area contributed by atoms with Crippen molar-refractivity contribution in [1.82, 2.24) is 0 Å². The number of ketones is 1. The quantitative estimate of drug-likeness (QED) is 0.457. The van der Waals surface area contributed by atoms with Gasteiger partial charge in [-0.3, -0.25) is 14.9 Å². The van der Waals surface area contributed by atoms with Crippen LogP contribution in [0.2, 0.25) is 0 Å². The first-order chi connectivity index (χ1) is 9.88. The Kier molecular flexibility index (Phi) is 4.37. The highest BCUT2D eigenvalue weighted by atomic mass is 79.9. The highest BCUT2D eigenvalue weighted by Gasteiger charge is 2.18. The molecule has 0 aromatic heterocycles. The molecule has 2 aromatic rings. The van der Waals surface area contributed by atoms with Crippen molar-refractivity contribution in [3.63, 3.8) is 0 Å². The Labute approximate surface area is 129 Å². The number of halogens is 1. The molecule has 2 aromatic carbocycles. The molecule has 108 valence electrons. The molecule has 0 atom stereocenters. The number of nitro benzene ring substituents is 1. The number of hydrogen-bond acceptors (Lipinski definition) is 4. The molecule has 0 radical (unpaired) electrons. The molecule has 21 heavy (non-hydrogen) atoms. The minimum Gasteiger partial charge on any atom is -0.450 e. The van der Waals surface area contributed by atoms with Gasteiger partial charge in [0.15, 0.2) is 5.78 Å². The van der Waals surface area contributed by atoms with Crippen molar-refractivity contribution in [2.75, 3.05) is 0 Å². The fourth-order valence-electron chi connectivity index (χ4n) is 1.77. The van der Waals surface area contributed by atoms with Crippen LogP contribution in [-0.4, -0.2) is 10.7 Å². The van der Waals surface area contributed by atoms with Crippen LogP contribution in [0.4, 0.5) is 5.69 Å². The summed E-state index contributed by atoms with van der Waals surface area (Å²) in [6.45, 7) is 3.20. The van der Waals surface area contributed by atoms with E-state index in [2.05, 4.69) is 15.9 Å². The van der Waals surface area contributed by atoms with Gasteiger partial charge in [-0.25, -0.2) is 0 Å². The van der Waals surface area contributed by atoms with Gasteiger partial charge >= 0.3 is 5.69 Å². The lowest BCUT2D eigenvalue weighted by atomic mass is 10.1. The molecule has 0 aliphatic carbocycles. The van der Waals surface area contributed by atoms with Crippen molar-refractivity contribution in [2.45, 2.75) is 13.8 Å². The summed E-state index contributed by atoms with van der Waals surface area (Å²) in [4.78, 5) is 21.9. The molecule has 0 amide bonds. The minimum absolute atomic E-state index is 0.103. The van der Waals surface area contributed by atoms with Crippen LogP contribution in [0.15, 0.2) is 40.9 Å². The number of aryl methyl sites for hydroxylation is 1. The lowest BCUT2D eigenvalue weighted by molar-refractivity contribution is -0.385. The number of carbonyl (C=O) groups excluding carboxylic acids is 1. The van der Waals surface area contributed by atoms with Crippen LogP contribution in [0.3, 0.4) is 0 Å². The van der Waals surface area contributed by atoms with Crippen LogP contribution in [-0.2, 0) is 0 Å². The van der Waals surface area contributed by atoms with E-state index in [0.29, 0.717) is 5.75 Å². The summed E-state index contributed by atoms with van der Waals surface area (Å²) in [6.07, 6.45) is 0. The summed E-state index contributed by atoms with van der Waals surface area (Å²) >= 11 is 3.33. The molecule has 0 fully saturated rings. The first-order valence-electron chi connectivity index (χ1n) is 6.12. The second kappa shape index (κ2) is 6.05. The Morgan fingerprint density at radius 2 is 1.90 bits per heavy atom. The molecule has 0 N–H and O–H groups in total. The minimum atomic E-state index is -0.560. The van der Waals surface area contributed by atoms with Crippen LogP contribution < -0.4 is 4.74 Å². The molecule has 5 nitrogen and oxygen atoms in total. The van der Waals surface area contributed by atoms with Crippen LogP contribution in [0.25, 0.3) is 0 Å². The van der Waals surface area contributed by atoms with Crippen LogP contribution >= 0.6 is 15.9 Å². The molecule has 0 bridgehead atoms. The molecule has 0 aliphatic heterocycles. The molecule has 0 unspecified atom stereocenters. The van der Waals surface area contributed by atoms with Crippen molar-refractivity contribution in [1.29, 1.82) is 0 Å². The van der Waals surface area contributed by atoms with Gasteiger partial charge in [0.05, 0.1) is 4.92 Å². The number of carbonyl (C=O) groups is 1. The number of hydrogen-bond donors (Lipinski definition) is 0. The topological polar surface area (TPSA) is 69.4 Å².